The summed E-state index contributed by atoms with van der Waals surface area (Å²) in [6, 6.07) is 7.38. The second-order valence-electron chi connectivity index (χ2n) is 7.25. The Morgan fingerprint density at radius 2 is 2.07 bits per heavy atom. The number of hydrogen-bond acceptors (Lipinski definition) is 7. The molecule has 1 aliphatic heterocycles. The summed E-state index contributed by atoms with van der Waals surface area (Å²) >= 11 is 0. The number of benzene rings is 1. The van der Waals surface area contributed by atoms with Crippen LogP contribution in [0.2, 0.25) is 0 Å². The average molecular weight is 392 g/mol. The zero-order valence-corrected chi connectivity index (χ0v) is 15.8. The van der Waals surface area contributed by atoms with Crippen molar-refractivity contribution in [3.05, 3.63) is 42.7 Å². The van der Waals surface area contributed by atoms with Crippen LogP contribution in [0.5, 0.6) is 0 Å². The van der Waals surface area contributed by atoms with Gasteiger partial charge in [0.15, 0.2) is 11.5 Å². The van der Waals surface area contributed by atoms with Crippen molar-refractivity contribution >= 4 is 33.9 Å². The number of aryl methyl sites for hydroxylation is 1. The number of nitrogen functional groups attached to an aromatic ring is 1. The number of carbonyl (C=O) groups excluding carboxylic acids is 1. The molecule has 0 saturated carbocycles. The van der Waals surface area contributed by atoms with Crippen LogP contribution in [0.25, 0.3) is 22.2 Å². The first kappa shape index (κ1) is 17.6. The molecule has 0 bridgehead atoms. The minimum absolute atomic E-state index is 0.0728. The third-order valence-electron chi connectivity index (χ3n) is 5.49. The van der Waals surface area contributed by atoms with Gasteiger partial charge in [-0.2, -0.15) is 0 Å². The Morgan fingerprint density at radius 3 is 2.93 bits per heavy atom. The first-order valence-corrected chi connectivity index (χ1v) is 9.33. The molecule has 0 spiro atoms. The number of para-hydroxylation sites is 2. The lowest BCUT2D eigenvalue weighted by Gasteiger charge is -2.18. The van der Waals surface area contributed by atoms with E-state index in [4.69, 9.17) is 5.73 Å². The summed E-state index contributed by atoms with van der Waals surface area (Å²) in [5.74, 6) is 0.997. The molecule has 1 amide bonds. The third-order valence-corrected chi connectivity index (χ3v) is 5.49. The van der Waals surface area contributed by atoms with Crippen LogP contribution < -0.4 is 5.73 Å². The molecule has 3 N–H and O–H groups in total. The molecule has 5 rings (SSSR count). The van der Waals surface area contributed by atoms with Gasteiger partial charge in [0.1, 0.15) is 24.2 Å². The number of amides is 1. The van der Waals surface area contributed by atoms with Crippen LogP contribution in [0.4, 0.5) is 5.82 Å². The maximum absolute atomic E-state index is 13.0. The van der Waals surface area contributed by atoms with Gasteiger partial charge in [0.05, 0.1) is 29.5 Å². The monoisotopic (exact) mass is 392 g/mol. The summed E-state index contributed by atoms with van der Waals surface area (Å²) in [5, 5.41) is 10.6. The Kier molecular flexibility index (Phi) is 3.95. The lowest BCUT2D eigenvalue weighted by molar-refractivity contribution is -0.131. The van der Waals surface area contributed by atoms with E-state index >= 15 is 0 Å². The number of nitrogens with two attached hydrogens (primary N) is 1. The number of β-amino-alcohol motifs (C(OH)–C–C–N with tert-alkyl or cyclic N) is 1. The fourth-order valence-electron chi connectivity index (χ4n) is 3.99. The van der Waals surface area contributed by atoms with Crippen LogP contribution in [-0.2, 0) is 11.3 Å². The van der Waals surface area contributed by atoms with Crippen molar-refractivity contribution in [3.8, 4) is 0 Å². The molecular weight excluding hydrogens is 372 g/mol. The highest BCUT2D eigenvalue weighted by Gasteiger charge is 2.36. The molecule has 148 valence electrons. The normalized spacial score (nSPS) is 19.4. The van der Waals surface area contributed by atoms with Crippen LogP contribution in [0.15, 0.2) is 36.9 Å². The molecule has 0 radical (unpaired) electrons. The third kappa shape index (κ3) is 2.80. The topological polar surface area (TPSA) is 128 Å². The minimum atomic E-state index is -0.729. The van der Waals surface area contributed by atoms with Crippen molar-refractivity contribution < 1.29 is 9.90 Å². The van der Waals surface area contributed by atoms with E-state index in [9.17, 15) is 9.90 Å². The number of aliphatic hydroxyl groups is 1. The summed E-state index contributed by atoms with van der Waals surface area (Å²) in [6.45, 7) is 2.67. The minimum Gasteiger partial charge on any atom is -0.389 e. The Hall–Kier alpha value is -3.53. The van der Waals surface area contributed by atoms with Gasteiger partial charge in [-0.15, -0.1) is 0 Å². The molecule has 1 saturated heterocycles. The highest BCUT2D eigenvalue weighted by molar-refractivity contribution is 5.82. The van der Waals surface area contributed by atoms with Gasteiger partial charge in [-0.05, 0) is 19.1 Å². The van der Waals surface area contributed by atoms with Crippen LogP contribution >= 0.6 is 0 Å². The largest absolute Gasteiger partial charge is 0.389 e. The van der Waals surface area contributed by atoms with Gasteiger partial charge in [0.25, 0.3) is 0 Å². The van der Waals surface area contributed by atoms with Crippen molar-refractivity contribution in [2.24, 2.45) is 0 Å². The second kappa shape index (κ2) is 6.52. The fourth-order valence-corrected chi connectivity index (χ4v) is 3.99. The molecule has 3 aromatic heterocycles. The van der Waals surface area contributed by atoms with Gasteiger partial charge in [-0.3, -0.25) is 4.79 Å². The number of anilines is 1. The summed E-state index contributed by atoms with van der Waals surface area (Å²) in [5.41, 5.74) is 8.67. The molecule has 0 aliphatic carbocycles. The summed E-state index contributed by atoms with van der Waals surface area (Å²) in [4.78, 5) is 31.6. The van der Waals surface area contributed by atoms with Gasteiger partial charge in [0.2, 0.25) is 5.91 Å². The van der Waals surface area contributed by atoms with Gasteiger partial charge in [-0.25, -0.2) is 19.9 Å². The lowest BCUT2D eigenvalue weighted by Crippen LogP contribution is -2.33. The molecular formula is C19H20N8O2. The van der Waals surface area contributed by atoms with E-state index in [0.29, 0.717) is 17.7 Å². The molecule has 4 heterocycles. The molecule has 2 atom stereocenters. The number of hydrogen-bond donors (Lipinski definition) is 2. The molecule has 4 aromatic rings. The van der Waals surface area contributed by atoms with Gasteiger partial charge in [-0.1, -0.05) is 12.1 Å². The molecule has 10 heteroatoms. The van der Waals surface area contributed by atoms with E-state index < -0.39 is 6.10 Å². The van der Waals surface area contributed by atoms with Crippen LogP contribution in [-0.4, -0.2) is 64.2 Å². The molecule has 0 unspecified atom stereocenters. The Balaban J connectivity index is 1.39. The van der Waals surface area contributed by atoms with Crippen molar-refractivity contribution in [3.63, 3.8) is 0 Å². The summed E-state index contributed by atoms with van der Waals surface area (Å²) in [6.07, 6.45) is 2.23. The average Bonchev–Trinajstić information content (AvgIpc) is 3.38. The number of aromatic nitrogens is 6. The Morgan fingerprint density at radius 1 is 1.24 bits per heavy atom. The summed E-state index contributed by atoms with van der Waals surface area (Å²) in [7, 11) is 0. The Bertz CT molecular complexity index is 1230. The quantitative estimate of drug-likeness (QED) is 0.520. The number of aliphatic hydroxyl groups excluding tert-OH is 1. The van der Waals surface area contributed by atoms with Crippen molar-refractivity contribution in [2.75, 3.05) is 18.8 Å². The SMILES string of the molecule is Cc1nc2ccccc2n1CC(=O)N1C[C@@H](O)[C@H](n2cnc3c(N)ncnc32)C1. The highest BCUT2D eigenvalue weighted by atomic mass is 16.3. The standard InChI is InChI=1S/C19H20N8O2/c1-11-24-12-4-2-3-5-13(12)26(11)8-16(29)25-6-14(15(28)7-25)27-10-23-17-18(20)21-9-22-19(17)27/h2-5,9-10,14-15,28H,6-8H2,1H3,(H2,20,21,22)/t14-,15-/m1/s1. The maximum Gasteiger partial charge on any atom is 0.242 e. The van der Waals surface area contributed by atoms with E-state index in [0.717, 1.165) is 16.9 Å². The van der Waals surface area contributed by atoms with Crippen molar-refractivity contribution in [1.29, 1.82) is 0 Å². The van der Waals surface area contributed by atoms with Gasteiger partial charge < -0.3 is 24.9 Å². The summed E-state index contributed by atoms with van der Waals surface area (Å²) < 4.78 is 3.67. The number of rotatable bonds is 3. The fraction of sp³-hybridized carbons (Fsp3) is 0.316. The zero-order chi connectivity index (χ0) is 20.1. The first-order chi connectivity index (χ1) is 14.0. The van der Waals surface area contributed by atoms with Crippen LogP contribution in [0.1, 0.15) is 11.9 Å². The number of imidazole rings is 2. The van der Waals surface area contributed by atoms with Gasteiger partial charge in [0, 0.05) is 13.1 Å². The van der Waals surface area contributed by atoms with Crippen molar-refractivity contribution in [2.45, 2.75) is 25.6 Å². The molecule has 1 fully saturated rings. The van der Waals surface area contributed by atoms with Crippen molar-refractivity contribution in [1.82, 2.24) is 34.0 Å². The van der Waals surface area contributed by atoms with E-state index in [1.54, 1.807) is 15.8 Å². The molecule has 29 heavy (non-hydrogen) atoms. The van der Waals surface area contributed by atoms with E-state index in [2.05, 4.69) is 19.9 Å². The highest BCUT2D eigenvalue weighted by Crippen LogP contribution is 2.27. The predicted octanol–water partition coefficient (Wildman–Crippen LogP) is 0.511. The van der Waals surface area contributed by atoms with E-state index in [1.165, 1.54) is 6.33 Å². The number of fused-ring (bicyclic) bond motifs is 2. The number of nitrogens with zero attached hydrogens (tertiary/aromatic N) is 7. The predicted molar refractivity (Wildman–Crippen MR) is 106 cm³/mol. The number of carbonyl (C=O) groups is 1. The first-order valence-electron chi connectivity index (χ1n) is 9.33. The molecule has 1 aliphatic rings. The lowest BCUT2D eigenvalue weighted by atomic mass is 10.2. The Labute approximate surface area is 165 Å². The number of likely N-dealkylation sites (tertiary alicyclic amines) is 1. The van der Waals surface area contributed by atoms with E-state index in [1.807, 2.05) is 35.8 Å². The second-order valence-corrected chi connectivity index (χ2v) is 7.25. The molecule has 1 aromatic carbocycles. The molecule has 10 nitrogen and oxygen atoms in total. The maximum atomic E-state index is 13.0. The zero-order valence-electron chi connectivity index (χ0n) is 15.8. The van der Waals surface area contributed by atoms with Crippen LogP contribution in [0.3, 0.4) is 0 Å². The van der Waals surface area contributed by atoms with Crippen LogP contribution in [0, 0.1) is 6.92 Å². The smallest absolute Gasteiger partial charge is 0.242 e. The van der Waals surface area contributed by atoms with Gasteiger partial charge >= 0.3 is 0 Å². The van der Waals surface area contributed by atoms with E-state index in [-0.39, 0.29) is 30.9 Å².